The van der Waals surface area contributed by atoms with Crippen LogP contribution in [0.25, 0.3) is 0 Å². The number of hydrogen-bond donors (Lipinski definition) is 1. The van der Waals surface area contributed by atoms with E-state index in [0.717, 1.165) is 30.8 Å². The number of aliphatic hydroxyl groups is 1. The highest BCUT2D eigenvalue weighted by molar-refractivity contribution is 6.33. The van der Waals surface area contributed by atoms with Crippen LogP contribution in [0.5, 0.6) is 0 Å². The van der Waals surface area contributed by atoms with E-state index in [1.165, 1.54) is 0 Å². The summed E-state index contributed by atoms with van der Waals surface area (Å²) in [5.74, 6) is 0. The van der Waals surface area contributed by atoms with Crippen LogP contribution in [0.4, 0.5) is 5.69 Å². The van der Waals surface area contributed by atoms with Gasteiger partial charge in [-0.05, 0) is 31.0 Å². The van der Waals surface area contributed by atoms with Crippen molar-refractivity contribution in [1.82, 2.24) is 0 Å². The van der Waals surface area contributed by atoms with Gasteiger partial charge in [-0.15, -0.1) is 0 Å². The third-order valence-electron chi connectivity index (χ3n) is 3.27. The molecule has 2 rings (SSSR count). The number of nitrogens with zero attached hydrogens (tertiary/aromatic N) is 1. The second-order valence-corrected chi connectivity index (χ2v) is 4.89. The van der Waals surface area contributed by atoms with Gasteiger partial charge in [-0.25, -0.2) is 0 Å². The molecule has 1 aliphatic heterocycles. The quantitative estimate of drug-likeness (QED) is 0.901. The minimum absolute atomic E-state index is 0.294. The molecule has 0 bridgehead atoms. The predicted octanol–water partition coefficient (Wildman–Crippen LogP) is 2.62. The van der Waals surface area contributed by atoms with Crippen LogP contribution in [-0.4, -0.2) is 31.4 Å². The average Bonchev–Trinajstić information content (AvgIpc) is 2.77. The third kappa shape index (κ3) is 2.73. The summed E-state index contributed by atoms with van der Waals surface area (Å²) in [4.78, 5) is 2.22. The van der Waals surface area contributed by atoms with Crippen LogP contribution < -0.4 is 4.90 Å². The Morgan fingerprint density at radius 1 is 1.53 bits per heavy atom. The van der Waals surface area contributed by atoms with E-state index in [2.05, 4.69) is 4.90 Å². The molecule has 0 radical (unpaired) electrons. The normalized spacial score (nSPS) is 21.9. The summed E-state index contributed by atoms with van der Waals surface area (Å²) in [6.45, 7) is 3.58. The molecule has 1 aromatic rings. The van der Waals surface area contributed by atoms with Crippen molar-refractivity contribution in [3.05, 3.63) is 28.8 Å². The van der Waals surface area contributed by atoms with E-state index in [9.17, 15) is 5.11 Å². The van der Waals surface area contributed by atoms with Crippen LogP contribution >= 0.6 is 11.6 Å². The van der Waals surface area contributed by atoms with Gasteiger partial charge in [-0.2, -0.15) is 0 Å². The molecular weight excluding hydrogens is 238 g/mol. The molecule has 94 valence electrons. The Morgan fingerprint density at radius 2 is 2.29 bits per heavy atom. The smallest absolute Gasteiger partial charge is 0.0762 e. The maximum absolute atomic E-state index is 9.49. The molecule has 1 N–H and O–H groups in total. The van der Waals surface area contributed by atoms with Gasteiger partial charge in [0.25, 0.3) is 0 Å². The summed E-state index contributed by atoms with van der Waals surface area (Å²) in [6.07, 6.45) is 0.847. The first-order chi connectivity index (χ1) is 8.11. The van der Waals surface area contributed by atoms with E-state index < -0.39 is 6.10 Å². The fourth-order valence-corrected chi connectivity index (χ4v) is 2.49. The molecule has 4 heteroatoms. The number of rotatable bonds is 3. The minimum Gasteiger partial charge on any atom is -0.389 e. The van der Waals surface area contributed by atoms with Gasteiger partial charge in [-0.1, -0.05) is 17.7 Å². The van der Waals surface area contributed by atoms with E-state index in [1.54, 1.807) is 14.0 Å². The van der Waals surface area contributed by atoms with Crippen molar-refractivity contribution in [2.24, 2.45) is 0 Å². The van der Waals surface area contributed by atoms with E-state index in [1.807, 2.05) is 18.2 Å². The number of methoxy groups -OCH3 is 1. The van der Waals surface area contributed by atoms with Crippen LogP contribution in [0.2, 0.25) is 5.02 Å². The molecule has 1 aliphatic rings. The summed E-state index contributed by atoms with van der Waals surface area (Å²) < 4.78 is 5.34. The largest absolute Gasteiger partial charge is 0.389 e. The maximum Gasteiger partial charge on any atom is 0.0762 e. The number of anilines is 1. The molecule has 17 heavy (non-hydrogen) atoms. The molecule has 1 heterocycles. The van der Waals surface area contributed by atoms with Crippen LogP contribution in [0.1, 0.15) is 25.0 Å². The highest BCUT2D eigenvalue weighted by Crippen LogP contribution is 2.31. The first-order valence-electron chi connectivity index (χ1n) is 5.87. The van der Waals surface area contributed by atoms with Crippen molar-refractivity contribution in [3.8, 4) is 0 Å². The molecule has 0 saturated carbocycles. The lowest BCUT2D eigenvalue weighted by Gasteiger charge is -2.20. The summed E-state index contributed by atoms with van der Waals surface area (Å²) in [6, 6.07) is 5.73. The van der Waals surface area contributed by atoms with Crippen molar-refractivity contribution in [1.29, 1.82) is 0 Å². The third-order valence-corrected chi connectivity index (χ3v) is 3.58. The number of halogens is 1. The summed E-state index contributed by atoms with van der Waals surface area (Å²) in [7, 11) is 1.74. The predicted molar refractivity (Wildman–Crippen MR) is 69.7 cm³/mol. The van der Waals surface area contributed by atoms with Gasteiger partial charge < -0.3 is 14.7 Å². The van der Waals surface area contributed by atoms with E-state index in [0.29, 0.717) is 11.1 Å². The Bertz CT molecular complexity index is 395. The lowest BCUT2D eigenvalue weighted by Crippen LogP contribution is -2.22. The second kappa shape index (κ2) is 5.25. The van der Waals surface area contributed by atoms with Crippen LogP contribution in [0.15, 0.2) is 18.2 Å². The lowest BCUT2D eigenvalue weighted by molar-refractivity contribution is 0.121. The van der Waals surface area contributed by atoms with Gasteiger partial charge >= 0.3 is 0 Å². The summed E-state index contributed by atoms with van der Waals surface area (Å²) >= 11 is 6.25. The average molecular weight is 256 g/mol. The molecule has 0 aromatic heterocycles. The van der Waals surface area contributed by atoms with Crippen molar-refractivity contribution < 1.29 is 9.84 Å². The zero-order valence-electron chi connectivity index (χ0n) is 10.2. The van der Waals surface area contributed by atoms with Gasteiger partial charge in [0.05, 0.1) is 22.9 Å². The first kappa shape index (κ1) is 12.7. The van der Waals surface area contributed by atoms with Crippen molar-refractivity contribution in [2.45, 2.75) is 25.6 Å². The highest BCUT2D eigenvalue weighted by atomic mass is 35.5. The molecule has 1 saturated heterocycles. The number of hydrogen-bond acceptors (Lipinski definition) is 3. The molecule has 0 spiro atoms. The van der Waals surface area contributed by atoms with Gasteiger partial charge in [0.1, 0.15) is 0 Å². The molecule has 3 nitrogen and oxygen atoms in total. The number of benzene rings is 1. The van der Waals surface area contributed by atoms with Crippen molar-refractivity contribution >= 4 is 17.3 Å². The molecular formula is C13H18ClNO2. The number of ether oxygens (including phenoxy) is 1. The Labute approximate surface area is 107 Å². The van der Waals surface area contributed by atoms with E-state index in [4.69, 9.17) is 16.3 Å². The van der Waals surface area contributed by atoms with Crippen molar-refractivity contribution in [3.63, 3.8) is 0 Å². The van der Waals surface area contributed by atoms with Gasteiger partial charge in [0.15, 0.2) is 0 Å². The molecule has 0 amide bonds. The van der Waals surface area contributed by atoms with Crippen LogP contribution in [0.3, 0.4) is 0 Å². The fourth-order valence-electron chi connectivity index (χ4n) is 2.18. The zero-order valence-corrected chi connectivity index (χ0v) is 10.9. The zero-order chi connectivity index (χ0) is 12.4. The Hall–Kier alpha value is -0.770. The molecule has 1 fully saturated rings. The molecule has 1 aromatic carbocycles. The molecule has 1 unspecified atom stereocenters. The van der Waals surface area contributed by atoms with Gasteiger partial charge in [0.2, 0.25) is 0 Å². The SMILES string of the molecule is COC1CCN(c2ccc([C@@H](C)O)cc2Cl)C1. The van der Waals surface area contributed by atoms with Crippen molar-refractivity contribution in [2.75, 3.05) is 25.1 Å². The van der Waals surface area contributed by atoms with E-state index >= 15 is 0 Å². The van der Waals surface area contributed by atoms with Gasteiger partial charge in [-0.3, -0.25) is 0 Å². The monoisotopic (exact) mass is 255 g/mol. The van der Waals surface area contributed by atoms with Gasteiger partial charge in [0, 0.05) is 20.2 Å². The Balaban J connectivity index is 2.17. The second-order valence-electron chi connectivity index (χ2n) is 4.48. The van der Waals surface area contributed by atoms with Crippen LogP contribution in [-0.2, 0) is 4.74 Å². The molecule has 2 atom stereocenters. The Morgan fingerprint density at radius 3 is 2.82 bits per heavy atom. The van der Waals surface area contributed by atoms with Crippen LogP contribution in [0, 0.1) is 0 Å². The highest BCUT2D eigenvalue weighted by Gasteiger charge is 2.23. The summed E-state index contributed by atoms with van der Waals surface area (Å²) in [5, 5.41) is 10.2. The lowest BCUT2D eigenvalue weighted by atomic mass is 10.1. The fraction of sp³-hybridized carbons (Fsp3) is 0.538. The maximum atomic E-state index is 9.49. The minimum atomic E-state index is -0.480. The number of aliphatic hydroxyl groups excluding tert-OH is 1. The van der Waals surface area contributed by atoms with E-state index in [-0.39, 0.29) is 0 Å². The topological polar surface area (TPSA) is 32.7 Å². The first-order valence-corrected chi connectivity index (χ1v) is 6.25. The molecule has 0 aliphatic carbocycles. The standard InChI is InChI=1S/C13H18ClNO2/c1-9(16)10-3-4-13(12(14)7-10)15-6-5-11(8-15)17-2/h3-4,7,9,11,16H,5-6,8H2,1-2H3/t9-,11?/m1/s1. The Kier molecular flexibility index (Phi) is 3.92. The summed E-state index contributed by atoms with van der Waals surface area (Å²) in [5.41, 5.74) is 1.87.